The molecule has 30 heavy (non-hydrogen) atoms. The molecule has 152 valence electrons. The Kier molecular flexibility index (Phi) is 5.22. The lowest BCUT2D eigenvalue weighted by atomic mass is 9.95. The second kappa shape index (κ2) is 7.70. The van der Waals surface area contributed by atoms with Gasteiger partial charge in [0.1, 0.15) is 5.65 Å². The molecular formula is C23H19ClN2O3S. The molecule has 0 bridgehead atoms. The van der Waals surface area contributed by atoms with Crippen molar-refractivity contribution in [2.45, 2.75) is 12.7 Å². The summed E-state index contributed by atoms with van der Waals surface area (Å²) in [5.74, 6) is -0.126. The zero-order valence-corrected chi connectivity index (χ0v) is 18.0. The van der Waals surface area contributed by atoms with Crippen molar-refractivity contribution in [3.05, 3.63) is 87.2 Å². The first kappa shape index (κ1) is 20.3. The molecule has 0 spiro atoms. The quantitative estimate of drug-likeness (QED) is 0.498. The van der Waals surface area contributed by atoms with E-state index in [2.05, 4.69) is 4.98 Å². The maximum Gasteiger partial charge on any atom is 0.191 e. The van der Waals surface area contributed by atoms with E-state index in [0.717, 1.165) is 22.3 Å². The number of aromatic nitrogens is 2. The van der Waals surface area contributed by atoms with E-state index in [0.29, 0.717) is 27.3 Å². The Labute approximate surface area is 179 Å². The van der Waals surface area contributed by atoms with E-state index in [4.69, 9.17) is 16.6 Å². The lowest BCUT2D eigenvalue weighted by molar-refractivity contribution is 0.601. The third kappa shape index (κ3) is 4.01. The number of nitrogens with zero attached hydrogens (tertiary/aromatic N) is 1. The number of rotatable bonds is 4. The van der Waals surface area contributed by atoms with Crippen molar-refractivity contribution >= 4 is 32.5 Å². The molecule has 0 aliphatic carbocycles. The van der Waals surface area contributed by atoms with E-state index >= 15 is 0 Å². The molecule has 0 aliphatic rings. The van der Waals surface area contributed by atoms with Gasteiger partial charge in [-0.25, -0.2) is 13.4 Å². The van der Waals surface area contributed by atoms with Crippen LogP contribution < -0.4 is 5.43 Å². The van der Waals surface area contributed by atoms with Gasteiger partial charge in [-0.2, -0.15) is 0 Å². The number of nitrogens with one attached hydrogen (secondary N) is 1. The minimum Gasteiger partial charge on any atom is -0.346 e. The molecule has 0 fully saturated rings. The molecule has 4 rings (SSSR count). The van der Waals surface area contributed by atoms with Crippen molar-refractivity contribution in [1.82, 2.24) is 9.97 Å². The highest BCUT2D eigenvalue weighted by Gasteiger charge is 2.17. The van der Waals surface area contributed by atoms with Crippen molar-refractivity contribution < 1.29 is 8.42 Å². The zero-order valence-electron chi connectivity index (χ0n) is 16.4. The predicted octanol–water partition coefficient (Wildman–Crippen LogP) is 4.76. The van der Waals surface area contributed by atoms with Gasteiger partial charge in [0.05, 0.1) is 16.8 Å². The van der Waals surface area contributed by atoms with E-state index < -0.39 is 9.84 Å². The van der Waals surface area contributed by atoms with Gasteiger partial charge < -0.3 is 4.98 Å². The summed E-state index contributed by atoms with van der Waals surface area (Å²) in [5, 5.41) is 0.845. The lowest BCUT2D eigenvalue weighted by Crippen LogP contribution is -2.05. The van der Waals surface area contributed by atoms with Gasteiger partial charge in [0.2, 0.25) is 0 Å². The molecule has 2 aromatic carbocycles. The molecule has 0 unspecified atom stereocenters. The van der Waals surface area contributed by atoms with Gasteiger partial charge in [0, 0.05) is 34.7 Å². The van der Waals surface area contributed by atoms with Crippen LogP contribution in [0.3, 0.4) is 0 Å². The van der Waals surface area contributed by atoms with Crippen molar-refractivity contribution in [2.75, 3.05) is 6.26 Å². The number of H-pyrrole nitrogens is 1. The summed E-state index contributed by atoms with van der Waals surface area (Å²) in [6.45, 7) is 1.83. The minimum absolute atomic E-state index is 0.126. The summed E-state index contributed by atoms with van der Waals surface area (Å²) < 4.78 is 23.6. The summed E-state index contributed by atoms with van der Waals surface area (Å²) in [6.07, 6.45) is 2.76. The van der Waals surface area contributed by atoms with Crippen LogP contribution in [0, 0.1) is 6.92 Å². The summed E-state index contributed by atoms with van der Waals surface area (Å²) in [6, 6.07) is 16.6. The van der Waals surface area contributed by atoms with Gasteiger partial charge in [-0.3, -0.25) is 4.79 Å². The van der Waals surface area contributed by atoms with E-state index in [1.54, 1.807) is 12.3 Å². The average molecular weight is 439 g/mol. The first-order chi connectivity index (χ1) is 14.2. The van der Waals surface area contributed by atoms with Crippen LogP contribution in [0.15, 0.2) is 65.6 Å². The second-order valence-corrected chi connectivity index (χ2v) is 9.86. The number of aromatic amines is 1. The molecule has 0 saturated heterocycles. The van der Waals surface area contributed by atoms with E-state index in [1.807, 2.05) is 49.4 Å². The van der Waals surface area contributed by atoms with Gasteiger partial charge in [-0.15, -0.1) is 0 Å². The van der Waals surface area contributed by atoms with Crippen molar-refractivity contribution in [3.8, 4) is 22.4 Å². The van der Waals surface area contributed by atoms with Crippen LogP contribution in [0.4, 0.5) is 0 Å². The Bertz CT molecular complexity index is 1410. The molecule has 0 amide bonds. The first-order valence-electron chi connectivity index (χ1n) is 9.28. The average Bonchev–Trinajstić information content (AvgIpc) is 2.70. The van der Waals surface area contributed by atoms with Crippen LogP contribution in [0.1, 0.15) is 11.1 Å². The monoisotopic (exact) mass is 438 g/mol. The maximum atomic E-state index is 12.4. The molecule has 2 heterocycles. The highest BCUT2D eigenvalue weighted by molar-refractivity contribution is 7.89. The molecule has 0 atom stereocenters. The Morgan fingerprint density at radius 1 is 1.03 bits per heavy atom. The van der Waals surface area contributed by atoms with Crippen molar-refractivity contribution in [2.24, 2.45) is 0 Å². The smallest absolute Gasteiger partial charge is 0.191 e. The molecule has 5 nitrogen and oxygen atoms in total. The number of aryl methyl sites for hydroxylation is 1. The number of hydrogen-bond acceptors (Lipinski definition) is 4. The fourth-order valence-corrected chi connectivity index (χ4v) is 4.83. The topological polar surface area (TPSA) is 79.9 Å². The molecule has 0 saturated carbocycles. The number of pyridine rings is 2. The van der Waals surface area contributed by atoms with Crippen LogP contribution >= 0.6 is 11.6 Å². The fraction of sp³-hybridized carbons (Fsp3) is 0.130. The normalized spacial score (nSPS) is 11.7. The summed E-state index contributed by atoms with van der Waals surface area (Å²) >= 11 is 6.49. The SMILES string of the molecule is Cc1cc(-c2cc3c(=O)cc[nH]c3nc2-c2ccccc2)cc(Cl)c1CS(C)(=O)=O. The Hall–Kier alpha value is -2.96. The van der Waals surface area contributed by atoms with E-state index in [-0.39, 0.29) is 11.2 Å². The van der Waals surface area contributed by atoms with E-state index in [1.165, 1.54) is 12.3 Å². The molecule has 0 radical (unpaired) electrons. The highest BCUT2D eigenvalue weighted by Crippen LogP contribution is 2.36. The number of sulfone groups is 1. The van der Waals surface area contributed by atoms with Gasteiger partial charge >= 0.3 is 0 Å². The standard InChI is InChI=1S/C23H19ClN2O3S/c1-14-10-16(11-20(24)19(14)13-30(2,28)29)17-12-18-21(27)8-9-25-23(18)26-22(17)15-6-4-3-5-7-15/h3-12H,13H2,1-2H3,(H,25,26,27). The Balaban J connectivity index is 2.00. The Morgan fingerprint density at radius 2 is 1.77 bits per heavy atom. The van der Waals surface area contributed by atoms with Crippen molar-refractivity contribution in [1.29, 1.82) is 0 Å². The first-order valence-corrected chi connectivity index (χ1v) is 11.7. The molecule has 7 heteroatoms. The number of fused-ring (bicyclic) bond motifs is 1. The fourth-order valence-electron chi connectivity index (χ4n) is 3.51. The van der Waals surface area contributed by atoms with Crippen molar-refractivity contribution in [3.63, 3.8) is 0 Å². The molecule has 1 N–H and O–H groups in total. The minimum atomic E-state index is -3.23. The molecule has 0 aliphatic heterocycles. The van der Waals surface area contributed by atoms with Crippen LogP contribution in [-0.2, 0) is 15.6 Å². The largest absolute Gasteiger partial charge is 0.346 e. The van der Waals surface area contributed by atoms with Crippen LogP contribution in [0.2, 0.25) is 5.02 Å². The van der Waals surface area contributed by atoms with Gasteiger partial charge in [0.15, 0.2) is 15.3 Å². The molecule has 4 aromatic rings. The lowest BCUT2D eigenvalue weighted by Gasteiger charge is -2.14. The Morgan fingerprint density at radius 3 is 2.43 bits per heavy atom. The molecular weight excluding hydrogens is 420 g/mol. The second-order valence-electron chi connectivity index (χ2n) is 7.31. The van der Waals surface area contributed by atoms with Gasteiger partial charge in [-0.1, -0.05) is 48.0 Å². The molecule has 2 aromatic heterocycles. The van der Waals surface area contributed by atoms with Crippen LogP contribution in [-0.4, -0.2) is 24.6 Å². The van der Waals surface area contributed by atoms with Gasteiger partial charge in [0.25, 0.3) is 0 Å². The van der Waals surface area contributed by atoms with Gasteiger partial charge in [-0.05, 0) is 35.7 Å². The third-order valence-electron chi connectivity index (χ3n) is 4.93. The predicted molar refractivity (Wildman–Crippen MR) is 122 cm³/mol. The number of halogens is 1. The summed E-state index contributed by atoms with van der Waals surface area (Å²) in [4.78, 5) is 20.2. The number of benzene rings is 2. The van der Waals surface area contributed by atoms with E-state index in [9.17, 15) is 13.2 Å². The zero-order chi connectivity index (χ0) is 21.5. The summed E-state index contributed by atoms with van der Waals surface area (Å²) in [5.41, 5.74) is 4.84. The van der Waals surface area contributed by atoms with Crippen LogP contribution in [0.25, 0.3) is 33.4 Å². The van der Waals surface area contributed by atoms with Crippen LogP contribution in [0.5, 0.6) is 0 Å². The third-order valence-corrected chi connectivity index (χ3v) is 6.08. The summed E-state index contributed by atoms with van der Waals surface area (Å²) in [7, 11) is -3.23. The highest BCUT2D eigenvalue weighted by atomic mass is 35.5. The number of hydrogen-bond donors (Lipinski definition) is 1. The maximum absolute atomic E-state index is 12.4.